The van der Waals surface area contributed by atoms with Gasteiger partial charge in [0, 0.05) is 11.9 Å². The molecule has 0 aliphatic heterocycles. The highest BCUT2D eigenvalue weighted by Gasteiger charge is 1.95. The molecule has 0 fully saturated rings. The lowest BCUT2D eigenvalue weighted by Crippen LogP contribution is -2.25. The zero-order chi connectivity index (χ0) is 18.4. The second kappa shape index (κ2) is 21.6. The number of halogens is 1. The maximum Gasteiger partial charge on any atom is 0.404 e. The van der Waals surface area contributed by atoms with E-state index in [-0.39, 0.29) is 6.54 Å². The van der Waals surface area contributed by atoms with E-state index in [2.05, 4.69) is 21.2 Å². The van der Waals surface area contributed by atoms with Crippen LogP contribution >= 0.6 is 15.9 Å². The molecule has 25 heavy (non-hydrogen) atoms. The first-order valence-corrected chi connectivity index (χ1v) is 9.38. The Bertz CT molecular complexity index is 286. The van der Waals surface area contributed by atoms with Crippen molar-refractivity contribution < 1.29 is 38.3 Å². The first kappa shape index (κ1) is 24.5. The van der Waals surface area contributed by atoms with Crippen LogP contribution in [0.3, 0.4) is 0 Å². The molecule has 0 bridgehead atoms. The van der Waals surface area contributed by atoms with Crippen LogP contribution in [0.5, 0.6) is 0 Å². The van der Waals surface area contributed by atoms with Crippen molar-refractivity contribution in [1.82, 2.24) is 5.32 Å². The summed E-state index contributed by atoms with van der Waals surface area (Å²) in [7, 11) is 0. The SMILES string of the molecule is O=C(O)NCCOCCOCCOCCOCCOCCOCCBr. The van der Waals surface area contributed by atoms with Gasteiger partial charge in [0.15, 0.2) is 0 Å². The Morgan fingerprint density at radius 2 is 0.960 bits per heavy atom. The molecule has 0 saturated heterocycles. The van der Waals surface area contributed by atoms with Crippen LogP contribution in [0, 0.1) is 0 Å². The summed E-state index contributed by atoms with van der Waals surface area (Å²) in [4.78, 5) is 10.2. The van der Waals surface area contributed by atoms with E-state index in [1.165, 1.54) is 0 Å². The van der Waals surface area contributed by atoms with E-state index in [0.29, 0.717) is 79.3 Å². The van der Waals surface area contributed by atoms with Gasteiger partial charge in [0.2, 0.25) is 0 Å². The standard InChI is InChI=1S/C15H30BrNO8/c16-1-3-20-5-7-22-9-11-24-13-14-25-12-10-23-8-6-21-4-2-17-15(18)19/h17H,1-14H2,(H,18,19). The molecule has 0 aromatic rings. The van der Waals surface area contributed by atoms with Gasteiger partial charge in [-0.2, -0.15) is 0 Å². The summed E-state index contributed by atoms with van der Waals surface area (Å²) in [5, 5.41) is 11.4. The third kappa shape index (κ3) is 23.5. The van der Waals surface area contributed by atoms with Crippen molar-refractivity contribution in [2.75, 3.05) is 91.2 Å². The van der Waals surface area contributed by atoms with Gasteiger partial charge in [0.05, 0.1) is 79.3 Å². The van der Waals surface area contributed by atoms with Crippen LogP contribution in [-0.4, -0.2) is 102 Å². The quantitative estimate of drug-likeness (QED) is 0.215. The maximum absolute atomic E-state index is 10.2. The second-order valence-corrected chi connectivity index (χ2v) is 5.39. The number of rotatable bonds is 20. The normalized spacial score (nSPS) is 10.9. The molecule has 0 saturated carbocycles. The Hall–Kier alpha value is -0.490. The summed E-state index contributed by atoms with van der Waals surface area (Å²) in [6.45, 7) is 6.41. The van der Waals surface area contributed by atoms with Crippen molar-refractivity contribution >= 4 is 22.0 Å². The van der Waals surface area contributed by atoms with Gasteiger partial charge in [-0.15, -0.1) is 0 Å². The van der Waals surface area contributed by atoms with E-state index < -0.39 is 6.09 Å². The number of nitrogens with one attached hydrogen (secondary N) is 1. The highest BCUT2D eigenvalue weighted by Crippen LogP contribution is 1.85. The minimum Gasteiger partial charge on any atom is -0.465 e. The highest BCUT2D eigenvalue weighted by molar-refractivity contribution is 9.09. The zero-order valence-corrected chi connectivity index (χ0v) is 16.2. The molecule has 0 atom stereocenters. The number of hydrogen-bond donors (Lipinski definition) is 2. The Labute approximate surface area is 157 Å². The molecule has 150 valence electrons. The zero-order valence-electron chi connectivity index (χ0n) is 14.6. The van der Waals surface area contributed by atoms with E-state index in [1.54, 1.807) is 0 Å². The predicted molar refractivity (Wildman–Crippen MR) is 94.7 cm³/mol. The van der Waals surface area contributed by atoms with Crippen LogP contribution in [0.2, 0.25) is 0 Å². The lowest BCUT2D eigenvalue weighted by atomic mass is 10.6. The summed E-state index contributed by atoms with van der Waals surface area (Å²) in [5.74, 6) is 0. The summed E-state index contributed by atoms with van der Waals surface area (Å²) in [5.41, 5.74) is 0. The number of carbonyl (C=O) groups is 1. The molecular formula is C15H30BrNO8. The fourth-order valence-electron chi connectivity index (χ4n) is 1.49. The third-order valence-corrected chi connectivity index (χ3v) is 2.93. The summed E-state index contributed by atoms with van der Waals surface area (Å²) < 4.78 is 31.7. The molecule has 0 radical (unpaired) electrons. The topological polar surface area (TPSA) is 105 Å². The molecule has 0 aliphatic carbocycles. The van der Waals surface area contributed by atoms with Crippen molar-refractivity contribution in [3.05, 3.63) is 0 Å². The summed E-state index contributed by atoms with van der Waals surface area (Å²) in [6, 6.07) is 0. The van der Waals surface area contributed by atoms with Crippen LogP contribution < -0.4 is 5.32 Å². The largest absolute Gasteiger partial charge is 0.465 e. The minimum absolute atomic E-state index is 0.272. The molecule has 0 spiro atoms. The average Bonchev–Trinajstić information content (AvgIpc) is 2.60. The van der Waals surface area contributed by atoms with Crippen LogP contribution in [0.15, 0.2) is 0 Å². The van der Waals surface area contributed by atoms with Gasteiger partial charge < -0.3 is 38.8 Å². The summed E-state index contributed by atoms with van der Waals surface area (Å²) in [6.07, 6.45) is -1.05. The highest BCUT2D eigenvalue weighted by atomic mass is 79.9. The van der Waals surface area contributed by atoms with Gasteiger partial charge in [0.25, 0.3) is 0 Å². The molecule has 10 heteroatoms. The van der Waals surface area contributed by atoms with E-state index in [0.717, 1.165) is 5.33 Å². The van der Waals surface area contributed by atoms with Crippen molar-refractivity contribution in [2.45, 2.75) is 0 Å². The fraction of sp³-hybridized carbons (Fsp3) is 0.933. The second-order valence-electron chi connectivity index (χ2n) is 4.60. The molecule has 0 aromatic carbocycles. The Kier molecular flexibility index (Phi) is 21.1. The molecule has 0 aliphatic rings. The number of alkyl halides is 1. The molecule has 0 heterocycles. The van der Waals surface area contributed by atoms with E-state index in [9.17, 15) is 4.79 Å². The fourth-order valence-corrected chi connectivity index (χ4v) is 1.72. The molecule has 1 amide bonds. The minimum atomic E-state index is -1.05. The molecule has 9 nitrogen and oxygen atoms in total. The monoisotopic (exact) mass is 431 g/mol. The van der Waals surface area contributed by atoms with Crippen molar-refractivity contribution in [3.63, 3.8) is 0 Å². The van der Waals surface area contributed by atoms with Crippen molar-refractivity contribution in [3.8, 4) is 0 Å². The van der Waals surface area contributed by atoms with Gasteiger partial charge >= 0.3 is 6.09 Å². The first-order valence-electron chi connectivity index (χ1n) is 8.26. The number of hydrogen-bond acceptors (Lipinski definition) is 7. The molecular weight excluding hydrogens is 402 g/mol. The van der Waals surface area contributed by atoms with Crippen molar-refractivity contribution in [1.29, 1.82) is 0 Å². The van der Waals surface area contributed by atoms with E-state index in [4.69, 9.17) is 33.5 Å². The van der Waals surface area contributed by atoms with Crippen molar-refractivity contribution in [2.24, 2.45) is 0 Å². The number of ether oxygens (including phenoxy) is 6. The third-order valence-electron chi connectivity index (χ3n) is 2.60. The first-order chi connectivity index (χ1) is 12.3. The van der Waals surface area contributed by atoms with E-state index >= 15 is 0 Å². The van der Waals surface area contributed by atoms with Crippen LogP contribution in [0.25, 0.3) is 0 Å². The van der Waals surface area contributed by atoms with Gasteiger partial charge in [-0.1, -0.05) is 15.9 Å². The molecule has 0 rings (SSSR count). The maximum atomic E-state index is 10.2. The lowest BCUT2D eigenvalue weighted by Gasteiger charge is -2.08. The van der Waals surface area contributed by atoms with Gasteiger partial charge in [-0.05, 0) is 0 Å². The predicted octanol–water partition coefficient (Wildman–Crippen LogP) is 0.749. The van der Waals surface area contributed by atoms with Crippen LogP contribution in [0.1, 0.15) is 0 Å². The molecule has 2 N–H and O–H groups in total. The Balaban J connectivity index is 2.97. The smallest absolute Gasteiger partial charge is 0.404 e. The van der Waals surface area contributed by atoms with Gasteiger partial charge in [-0.3, -0.25) is 0 Å². The van der Waals surface area contributed by atoms with Crippen LogP contribution in [-0.2, 0) is 28.4 Å². The lowest BCUT2D eigenvalue weighted by molar-refractivity contribution is -0.0159. The summed E-state index contributed by atoms with van der Waals surface area (Å²) >= 11 is 3.28. The number of amides is 1. The Morgan fingerprint density at radius 3 is 1.28 bits per heavy atom. The van der Waals surface area contributed by atoms with Gasteiger partial charge in [-0.25, -0.2) is 4.79 Å². The number of carboxylic acid groups (broad SMARTS) is 1. The molecule has 0 aromatic heterocycles. The van der Waals surface area contributed by atoms with Crippen LogP contribution in [0.4, 0.5) is 4.79 Å². The van der Waals surface area contributed by atoms with E-state index in [1.807, 2.05) is 0 Å². The average molecular weight is 432 g/mol. The molecule has 0 unspecified atom stereocenters. The van der Waals surface area contributed by atoms with Gasteiger partial charge in [0.1, 0.15) is 0 Å². The Morgan fingerprint density at radius 1 is 0.640 bits per heavy atom.